The predicted molar refractivity (Wildman–Crippen MR) is 61.5 cm³/mol. The number of hydrogen-bond donors (Lipinski definition) is 3. The van der Waals surface area contributed by atoms with Gasteiger partial charge in [0.1, 0.15) is 6.10 Å². The summed E-state index contributed by atoms with van der Waals surface area (Å²) in [6.45, 7) is -0.0494. The molecule has 1 aromatic rings. The third-order valence-corrected chi connectivity index (χ3v) is 2.60. The van der Waals surface area contributed by atoms with Crippen molar-refractivity contribution in [3.8, 4) is 0 Å². The van der Waals surface area contributed by atoms with Gasteiger partial charge in [-0.15, -0.1) is 11.6 Å². The third-order valence-electron chi connectivity index (χ3n) is 2.28. The van der Waals surface area contributed by atoms with Crippen LogP contribution in [0.25, 0.3) is 0 Å². The molecule has 0 aliphatic rings. The Morgan fingerprint density at radius 1 is 1.31 bits per heavy atom. The molecule has 0 amide bonds. The highest BCUT2D eigenvalue weighted by molar-refractivity contribution is 6.18. The number of nitrogens with two attached hydrogens (primary N) is 1. The number of hydrogen-bond acceptors (Lipinski definition) is 4. The fraction of sp³-hybridized carbons (Fsp3) is 0.364. The molecule has 0 saturated heterocycles. The van der Waals surface area contributed by atoms with Crippen LogP contribution in [0.15, 0.2) is 24.3 Å². The molecule has 0 aliphatic carbocycles. The van der Waals surface area contributed by atoms with Crippen LogP contribution in [-0.2, 0) is 0 Å². The van der Waals surface area contributed by atoms with E-state index in [0.717, 1.165) is 0 Å². The zero-order valence-electron chi connectivity index (χ0n) is 8.64. The summed E-state index contributed by atoms with van der Waals surface area (Å²) in [4.78, 5) is 11.2. The van der Waals surface area contributed by atoms with Crippen LogP contribution >= 0.6 is 11.6 Å². The monoisotopic (exact) mass is 243 g/mol. The predicted octanol–water partition coefficient (Wildman–Crippen LogP) is 0.461. The molecule has 2 atom stereocenters. The van der Waals surface area contributed by atoms with Gasteiger partial charge in [-0.1, -0.05) is 24.3 Å². The molecule has 16 heavy (non-hydrogen) atoms. The van der Waals surface area contributed by atoms with E-state index in [1.807, 2.05) is 0 Å². The highest BCUT2D eigenvalue weighted by Crippen LogP contribution is 2.18. The van der Waals surface area contributed by atoms with Crippen LogP contribution < -0.4 is 5.73 Å². The van der Waals surface area contributed by atoms with Gasteiger partial charge in [0.05, 0.1) is 18.5 Å². The van der Waals surface area contributed by atoms with Crippen molar-refractivity contribution in [1.82, 2.24) is 0 Å². The van der Waals surface area contributed by atoms with Crippen molar-refractivity contribution in [1.29, 1.82) is 0 Å². The molecule has 0 bridgehead atoms. The molecule has 0 aromatic heterocycles. The molecule has 0 aliphatic heterocycles. The molecule has 0 spiro atoms. The van der Waals surface area contributed by atoms with Crippen LogP contribution in [0.3, 0.4) is 0 Å². The second-order valence-electron chi connectivity index (χ2n) is 3.42. The van der Waals surface area contributed by atoms with Crippen LogP contribution in [0.5, 0.6) is 0 Å². The first-order valence-electron chi connectivity index (χ1n) is 4.85. The van der Waals surface area contributed by atoms with Gasteiger partial charge in [-0.25, -0.2) is 0 Å². The Bertz CT molecular complexity index is 353. The van der Waals surface area contributed by atoms with E-state index in [4.69, 9.17) is 17.3 Å². The molecule has 4 nitrogen and oxygen atoms in total. The van der Waals surface area contributed by atoms with E-state index in [1.165, 1.54) is 0 Å². The Kier molecular flexibility index (Phi) is 4.89. The number of rotatable bonds is 5. The van der Waals surface area contributed by atoms with Crippen LogP contribution in [0.2, 0.25) is 0 Å². The van der Waals surface area contributed by atoms with Crippen molar-refractivity contribution in [3.05, 3.63) is 35.4 Å². The zero-order valence-corrected chi connectivity index (χ0v) is 9.39. The Balaban J connectivity index is 2.82. The summed E-state index contributed by atoms with van der Waals surface area (Å²) in [6.07, 6.45) is -2.06. The smallest absolute Gasteiger partial charge is 0.176 e. The minimum absolute atomic E-state index is 0.0494. The molecule has 0 fully saturated rings. The fourth-order valence-electron chi connectivity index (χ4n) is 1.29. The van der Waals surface area contributed by atoms with E-state index in [0.29, 0.717) is 11.1 Å². The van der Waals surface area contributed by atoms with Gasteiger partial charge in [-0.05, 0) is 5.56 Å². The average molecular weight is 244 g/mol. The van der Waals surface area contributed by atoms with Crippen molar-refractivity contribution < 1.29 is 15.0 Å². The van der Waals surface area contributed by atoms with Gasteiger partial charge in [0.2, 0.25) is 0 Å². The number of halogens is 1. The van der Waals surface area contributed by atoms with E-state index in [9.17, 15) is 15.0 Å². The summed E-state index contributed by atoms with van der Waals surface area (Å²) in [5, 5.41) is 19.0. The average Bonchev–Trinajstić information content (AvgIpc) is 2.36. The molecule has 1 aromatic carbocycles. The highest BCUT2D eigenvalue weighted by Gasteiger charge is 2.17. The molecule has 88 valence electrons. The second kappa shape index (κ2) is 5.96. The lowest BCUT2D eigenvalue weighted by Crippen LogP contribution is -2.20. The van der Waals surface area contributed by atoms with Crippen molar-refractivity contribution >= 4 is 17.4 Å². The number of alkyl halides is 1. The molecule has 0 heterocycles. The van der Waals surface area contributed by atoms with Gasteiger partial charge in [-0.3, -0.25) is 4.79 Å². The van der Waals surface area contributed by atoms with Gasteiger partial charge in [0.25, 0.3) is 0 Å². The number of aliphatic hydroxyl groups excluding tert-OH is 2. The summed E-state index contributed by atoms with van der Waals surface area (Å²) in [6, 6.07) is 6.27. The molecule has 0 radical (unpaired) electrons. The summed E-state index contributed by atoms with van der Waals surface area (Å²) in [5.74, 6) is -0.219. The first-order valence-corrected chi connectivity index (χ1v) is 5.39. The molecular formula is C11H14ClNO3. The second-order valence-corrected chi connectivity index (χ2v) is 3.72. The number of ketones is 1. The Hall–Kier alpha value is -0.940. The molecular weight excluding hydrogens is 230 g/mol. The number of aliphatic hydroxyl groups is 2. The molecule has 1 rings (SSSR count). The minimum Gasteiger partial charge on any atom is -0.389 e. The first-order chi connectivity index (χ1) is 7.60. The Morgan fingerprint density at radius 3 is 2.31 bits per heavy atom. The van der Waals surface area contributed by atoms with Gasteiger partial charge in [-0.2, -0.15) is 0 Å². The van der Waals surface area contributed by atoms with Crippen molar-refractivity contribution in [2.45, 2.75) is 12.2 Å². The summed E-state index contributed by atoms with van der Waals surface area (Å²) in [5.41, 5.74) is 6.22. The standard InChI is InChI=1S/C11H14ClNO3/c12-5-9(14)11(16)8-3-1-7(2-4-8)10(15)6-13/h1-4,9,11,14,16H,5-6,13H2. The van der Waals surface area contributed by atoms with Crippen LogP contribution in [-0.4, -0.2) is 34.5 Å². The lowest BCUT2D eigenvalue weighted by atomic mass is 10.0. The molecule has 5 heteroatoms. The van der Waals surface area contributed by atoms with E-state index >= 15 is 0 Å². The van der Waals surface area contributed by atoms with Crippen molar-refractivity contribution in [2.75, 3.05) is 12.4 Å². The maximum absolute atomic E-state index is 11.2. The van der Waals surface area contributed by atoms with E-state index in [1.54, 1.807) is 24.3 Å². The first kappa shape index (κ1) is 13.1. The minimum atomic E-state index is -1.04. The number of carbonyl (C=O) groups excluding carboxylic acids is 1. The topological polar surface area (TPSA) is 83.6 Å². The van der Waals surface area contributed by atoms with Gasteiger partial charge in [0.15, 0.2) is 5.78 Å². The maximum Gasteiger partial charge on any atom is 0.176 e. The highest BCUT2D eigenvalue weighted by atomic mass is 35.5. The van der Waals surface area contributed by atoms with Crippen molar-refractivity contribution in [3.63, 3.8) is 0 Å². The maximum atomic E-state index is 11.2. The Morgan fingerprint density at radius 2 is 1.88 bits per heavy atom. The lowest BCUT2D eigenvalue weighted by molar-refractivity contribution is 0.0327. The van der Waals surface area contributed by atoms with Gasteiger partial charge < -0.3 is 15.9 Å². The van der Waals surface area contributed by atoms with Crippen molar-refractivity contribution in [2.24, 2.45) is 5.73 Å². The summed E-state index contributed by atoms with van der Waals surface area (Å²) < 4.78 is 0. The van der Waals surface area contributed by atoms with Crippen LogP contribution in [0.1, 0.15) is 22.0 Å². The SMILES string of the molecule is NCC(=O)c1ccc(C(O)C(O)CCl)cc1. The zero-order chi connectivity index (χ0) is 12.1. The van der Waals surface area contributed by atoms with E-state index in [2.05, 4.69) is 0 Å². The number of Topliss-reactive ketones (excluding diaryl/α,β-unsaturated/α-hetero) is 1. The number of benzene rings is 1. The van der Waals surface area contributed by atoms with Gasteiger partial charge in [0, 0.05) is 5.56 Å². The van der Waals surface area contributed by atoms with E-state index in [-0.39, 0.29) is 18.2 Å². The normalized spacial score (nSPS) is 14.5. The quantitative estimate of drug-likeness (QED) is 0.518. The fourth-order valence-corrected chi connectivity index (χ4v) is 1.46. The number of carbonyl (C=O) groups is 1. The van der Waals surface area contributed by atoms with E-state index < -0.39 is 12.2 Å². The van der Waals surface area contributed by atoms with Crippen LogP contribution in [0, 0.1) is 0 Å². The molecule has 0 saturated carbocycles. The Labute approximate surface area is 98.6 Å². The lowest BCUT2D eigenvalue weighted by Gasteiger charge is -2.15. The summed E-state index contributed by atoms with van der Waals surface area (Å²) >= 11 is 5.42. The molecule has 2 unspecified atom stereocenters. The van der Waals surface area contributed by atoms with Crippen LogP contribution in [0.4, 0.5) is 0 Å². The molecule has 4 N–H and O–H groups in total. The summed E-state index contributed by atoms with van der Waals surface area (Å²) in [7, 11) is 0. The largest absolute Gasteiger partial charge is 0.389 e. The third kappa shape index (κ3) is 3.02. The van der Waals surface area contributed by atoms with Gasteiger partial charge >= 0.3 is 0 Å².